The van der Waals surface area contributed by atoms with Crippen molar-refractivity contribution in [2.75, 3.05) is 6.61 Å². The molecule has 0 aromatic rings. The van der Waals surface area contributed by atoms with E-state index in [4.69, 9.17) is 10.6 Å². The zero-order valence-corrected chi connectivity index (χ0v) is 13.0. The van der Waals surface area contributed by atoms with Crippen LogP contribution in [0.4, 0.5) is 0 Å². The highest BCUT2D eigenvalue weighted by atomic mass is 16.6. The van der Waals surface area contributed by atoms with Crippen molar-refractivity contribution in [1.29, 1.82) is 0 Å². The number of carbonyl (C=O) groups excluding carboxylic acids is 1. The summed E-state index contributed by atoms with van der Waals surface area (Å²) in [4.78, 5) is 17.0. The minimum atomic E-state index is -0.0801. The van der Waals surface area contributed by atoms with Gasteiger partial charge < -0.3 is 15.9 Å². The Balaban J connectivity index is 1.65. The summed E-state index contributed by atoms with van der Waals surface area (Å²) < 4.78 is 0. The lowest BCUT2D eigenvalue weighted by Crippen LogP contribution is -2.37. The first-order chi connectivity index (χ1) is 10.3. The maximum atomic E-state index is 11.9. The largest absolute Gasteiger partial charge is 0.384 e. The van der Waals surface area contributed by atoms with E-state index in [1.54, 1.807) is 0 Å². The average molecular weight is 295 g/mol. The molecule has 0 atom stereocenters. The third-order valence-electron chi connectivity index (χ3n) is 4.61. The van der Waals surface area contributed by atoms with Crippen LogP contribution in [0.2, 0.25) is 0 Å². The third kappa shape index (κ3) is 5.94. The fraction of sp³-hybridized carbons (Fsp3) is 0.875. The normalized spacial score (nSPS) is 22.6. The van der Waals surface area contributed by atoms with Crippen LogP contribution in [-0.4, -0.2) is 24.4 Å². The van der Waals surface area contributed by atoms with E-state index in [1.165, 1.54) is 44.9 Å². The lowest BCUT2D eigenvalue weighted by molar-refractivity contribution is -0.126. The molecular formula is C16H29N3O2. The predicted octanol–water partition coefficient (Wildman–Crippen LogP) is 2.69. The summed E-state index contributed by atoms with van der Waals surface area (Å²) in [6, 6.07) is 0.303. The fourth-order valence-corrected chi connectivity index (χ4v) is 3.33. The van der Waals surface area contributed by atoms with Crippen molar-refractivity contribution < 1.29 is 9.63 Å². The maximum absolute atomic E-state index is 11.9. The van der Waals surface area contributed by atoms with E-state index >= 15 is 0 Å². The molecule has 5 nitrogen and oxygen atoms in total. The van der Waals surface area contributed by atoms with Crippen LogP contribution in [0.25, 0.3) is 0 Å². The molecule has 0 aliphatic heterocycles. The van der Waals surface area contributed by atoms with E-state index < -0.39 is 0 Å². The molecule has 2 rings (SSSR count). The molecule has 2 aliphatic carbocycles. The number of oxime groups is 1. The van der Waals surface area contributed by atoms with Crippen LogP contribution < -0.4 is 11.1 Å². The van der Waals surface area contributed by atoms with Crippen LogP contribution in [-0.2, 0) is 9.63 Å². The van der Waals surface area contributed by atoms with Crippen LogP contribution in [0.15, 0.2) is 5.16 Å². The molecule has 120 valence electrons. The van der Waals surface area contributed by atoms with Crippen LogP contribution in [0.1, 0.15) is 70.6 Å². The van der Waals surface area contributed by atoms with Crippen molar-refractivity contribution in [1.82, 2.24) is 5.32 Å². The van der Waals surface area contributed by atoms with Gasteiger partial charge in [0.15, 0.2) is 6.61 Å². The number of nitrogens with two attached hydrogens (primary N) is 1. The second kappa shape index (κ2) is 8.90. The fourth-order valence-electron chi connectivity index (χ4n) is 3.33. The summed E-state index contributed by atoms with van der Waals surface area (Å²) in [5, 5.41) is 6.96. The Kier molecular flexibility index (Phi) is 6.83. The minimum Gasteiger partial charge on any atom is -0.384 e. The molecule has 2 aliphatic rings. The van der Waals surface area contributed by atoms with Gasteiger partial charge in [-0.3, -0.25) is 4.79 Å². The Hall–Kier alpha value is -1.26. The number of hydrogen-bond donors (Lipinski definition) is 2. The van der Waals surface area contributed by atoms with E-state index in [9.17, 15) is 4.79 Å². The van der Waals surface area contributed by atoms with E-state index in [1.807, 2.05) is 0 Å². The Morgan fingerprint density at radius 2 is 1.57 bits per heavy atom. The minimum absolute atomic E-state index is 0.0239. The summed E-state index contributed by atoms with van der Waals surface area (Å²) in [6.45, 7) is -0.0239. The number of rotatable bonds is 5. The molecule has 21 heavy (non-hydrogen) atoms. The van der Waals surface area contributed by atoms with Gasteiger partial charge in [-0.05, 0) is 25.7 Å². The number of amides is 1. The van der Waals surface area contributed by atoms with Gasteiger partial charge in [-0.25, -0.2) is 0 Å². The zero-order chi connectivity index (χ0) is 14.9. The average Bonchev–Trinajstić information content (AvgIpc) is 2.95. The van der Waals surface area contributed by atoms with E-state index in [0.717, 1.165) is 25.7 Å². The van der Waals surface area contributed by atoms with Gasteiger partial charge in [-0.2, -0.15) is 0 Å². The van der Waals surface area contributed by atoms with Crippen molar-refractivity contribution in [3.63, 3.8) is 0 Å². The van der Waals surface area contributed by atoms with Crippen LogP contribution in [0, 0.1) is 5.92 Å². The Labute approximate surface area is 127 Å². The van der Waals surface area contributed by atoms with E-state index in [-0.39, 0.29) is 12.5 Å². The zero-order valence-electron chi connectivity index (χ0n) is 13.0. The van der Waals surface area contributed by atoms with Gasteiger partial charge in [0, 0.05) is 12.0 Å². The van der Waals surface area contributed by atoms with Crippen molar-refractivity contribution in [3.05, 3.63) is 0 Å². The summed E-state index contributed by atoms with van der Waals surface area (Å²) >= 11 is 0. The maximum Gasteiger partial charge on any atom is 0.260 e. The van der Waals surface area contributed by atoms with Crippen LogP contribution in [0.3, 0.4) is 0 Å². The molecule has 1 amide bonds. The Morgan fingerprint density at radius 1 is 1.00 bits per heavy atom. The molecule has 0 bridgehead atoms. The lowest BCUT2D eigenvalue weighted by atomic mass is 9.97. The molecule has 3 N–H and O–H groups in total. The van der Waals surface area contributed by atoms with Gasteiger partial charge in [-0.1, -0.05) is 50.1 Å². The summed E-state index contributed by atoms with van der Waals surface area (Å²) in [7, 11) is 0. The van der Waals surface area contributed by atoms with Crippen LogP contribution >= 0.6 is 0 Å². The molecular weight excluding hydrogens is 266 g/mol. The predicted molar refractivity (Wildman–Crippen MR) is 83.8 cm³/mol. The highest BCUT2D eigenvalue weighted by Gasteiger charge is 2.19. The van der Waals surface area contributed by atoms with Gasteiger partial charge in [0.2, 0.25) is 0 Å². The first kappa shape index (κ1) is 16.1. The molecule has 5 heteroatoms. The highest BCUT2D eigenvalue weighted by molar-refractivity contribution is 5.82. The SMILES string of the molecule is NC(=NOCC(=O)NC1CCCCCCC1)C1CCCC1. The van der Waals surface area contributed by atoms with Gasteiger partial charge in [0.1, 0.15) is 5.84 Å². The first-order valence-corrected chi connectivity index (χ1v) is 8.50. The van der Waals surface area contributed by atoms with Gasteiger partial charge in [-0.15, -0.1) is 0 Å². The summed E-state index contributed by atoms with van der Waals surface area (Å²) in [5.41, 5.74) is 5.88. The standard InChI is InChI=1S/C16H29N3O2/c17-16(13-8-6-7-9-13)19-21-12-15(20)18-14-10-4-2-1-3-5-11-14/h13-14H,1-12H2,(H2,17,19)(H,18,20). The second-order valence-electron chi connectivity index (χ2n) is 6.38. The quantitative estimate of drug-likeness (QED) is 0.465. The smallest absolute Gasteiger partial charge is 0.260 e. The molecule has 0 radical (unpaired) electrons. The number of amidine groups is 1. The molecule has 2 fully saturated rings. The molecule has 2 saturated carbocycles. The third-order valence-corrected chi connectivity index (χ3v) is 4.61. The summed E-state index contributed by atoms with van der Waals surface area (Å²) in [5.74, 6) is 0.813. The molecule has 0 spiro atoms. The first-order valence-electron chi connectivity index (χ1n) is 8.50. The molecule has 0 unspecified atom stereocenters. The Morgan fingerprint density at radius 3 is 2.24 bits per heavy atom. The van der Waals surface area contributed by atoms with E-state index in [0.29, 0.717) is 17.8 Å². The van der Waals surface area contributed by atoms with Crippen molar-refractivity contribution in [2.24, 2.45) is 16.8 Å². The number of nitrogens with zero attached hydrogens (tertiary/aromatic N) is 1. The van der Waals surface area contributed by atoms with Gasteiger partial charge in [0.05, 0.1) is 0 Å². The van der Waals surface area contributed by atoms with Crippen molar-refractivity contribution >= 4 is 11.7 Å². The Bertz CT molecular complexity index is 343. The summed E-state index contributed by atoms with van der Waals surface area (Å²) in [6.07, 6.45) is 13.1. The highest BCUT2D eigenvalue weighted by Crippen LogP contribution is 2.24. The lowest BCUT2D eigenvalue weighted by Gasteiger charge is -2.20. The number of hydrogen-bond acceptors (Lipinski definition) is 3. The van der Waals surface area contributed by atoms with E-state index in [2.05, 4.69) is 10.5 Å². The van der Waals surface area contributed by atoms with Crippen LogP contribution in [0.5, 0.6) is 0 Å². The molecule has 0 aromatic carbocycles. The number of nitrogens with one attached hydrogen (secondary N) is 1. The monoisotopic (exact) mass is 295 g/mol. The van der Waals surface area contributed by atoms with Gasteiger partial charge >= 0.3 is 0 Å². The van der Waals surface area contributed by atoms with Crippen molar-refractivity contribution in [3.8, 4) is 0 Å². The van der Waals surface area contributed by atoms with Crippen molar-refractivity contribution in [2.45, 2.75) is 76.7 Å². The molecule has 0 heterocycles. The molecule has 0 aromatic heterocycles. The topological polar surface area (TPSA) is 76.7 Å². The second-order valence-corrected chi connectivity index (χ2v) is 6.38. The number of carbonyl (C=O) groups is 1. The molecule has 0 saturated heterocycles. The van der Waals surface area contributed by atoms with Gasteiger partial charge in [0.25, 0.3) is 5.91 Å².